The minimum atomic E-state index is -1.03. The summed E-state index contributed by atoms with van der Waals surface area (Å²) in [7, 11) is 1.51. The summed E-state index contributed by atoms with van der Waals surface area (Å²) in [4.78, 5) is 35.0. The fourth-order valence-corrected chi connectivity index (χ4v) is 3.00. The summed E-state index contributed by atoms with van der Waals surface area (Å²) in [5, 5.41) is 14.8. The summed E-state index contributed by atoms with van der Waals surface area (Å²) in [5.41, 5.74) is 1.98. The van der Waals surface area contributed by atoms with Crippen molar-refractivity contribution in [2.24, 2.45) is 0 Å². The Balaban J connectivity index is 2.12. The van der Waals surface area contributed by atoms with Crippen molar-refractivity contribution in [1.82, 2.24) is 5.32 Å². The van der Waals surface area contributed by atoms with Gasteiger partial charge in [-0.2, -0.15) is 0 Å². The summed E-state index contributed by atoms with van der Waals surface area (Å²) < 4.78 is 11.0. The molecule has 1 atom stereocenters. The Labute approximate surface area is 181 Å². The van der Waals surface area contributed by atoms with Gasteiger partial charge in [-0.1, -0.05) is 25.1 Å². The van der Waals surface area contributed by atoms with Crippen LogP contribution in [0.3, 0.4) is 0 Å². The minimum absolute atomic E-state index is 0.0747. The van der Waals surface area contributed by atoms with Crippen molar-refractivity contribution >= 4 is 23.5 Å². The highest BCUT2D eigenvalue weighted by Gasteiger charge is 2.20. The third kappa shape index (κ3) is 7.65. The van der Waals surface area contributed by atoms with Crippen LogP contribution in [-0.2, 0) is 20.8 Å². The topological polar surface area (TPSA) is 114 Å². The van der Waals surface area contributed by atoms with Gasteiger partial charge in [0.05, 0.1) is 32.6 Å². The molecule has 0 bridgehead atoms. The number of hydrogen-bond acceptors (Lipinski definition) is 5. The second-order valence-electron chi connectivity index (χ2n) is 7.03. The SMILES string of the molecule is CCCOc1ccc(C(CC(=O)O)NC(=O)Cc2ccc(NC(C)=O)cc2)cc1OC. The summed E-state index contributed by atoms with van der Waals surface area (Å²) in [6.07, 6.45) is 0.644. The molecule has 0 aliphatic rings. The first-order valence-corrected chi connectivity index (χ1v) is 10.0. The molecule has 2 aromatic carbocycles. The summed E-state index contributed by atoms with van der Waals surface area (Å²) in [6.45, 7) is 3.94. The van der Waals surface area contributed by atoms with Crippen LogP contribution in [0.15, 0.2) is 42.5 Å². The quantitative estimate of drug-likeness (QED) is 0.506. The van der Waals surface area contributed by atoms with E-state index in [1.54, 1.807) is 42.5 Å². The zero-order chi connectivity index (χ0) is 22.8. The van der Waals surface area contributed by atoms with Crippen molar-refractivity contribution in [2.45, 2.75) is 39.2 Å². The molecule has 2 aromatic rings. The Kier molecular flexibility index (Phi) is 8.87. The lowest BCUT2D eigenvalue weighted by Crippen LogP contribution is -2.31. The number of benzene rings is 2. The molecule has 0 saturated heterocycles. The van der Waals surface area contributed by atoms with Crippen molar-refractivity contribution in [1.29, 1.82) is 0 Å². The highest BCUT2D eigenvalue weighted by Crippen LogP contribution is 2.31. The van der Waals surface area contributed by atoms with Gasteiger partial charge in [-0.15, -0.1) is 0 Å². The average Bonchev–Trinajstić information content (AvgIpc) is 2.72. The smallest absolute Gasteiger partial charge is 0.305 e. The van der Waals surface area contributed by atoms with Crippen LogP contribution in [0, 0.1) is 0 Å². The molecule has 2 rings (SSSR count). The van der Waals surface area contributed by atoms with E-state index in [4.69, 9.17) is 9.47 Å². The van der Waals surface area contributed by atoms with Crippen molar-refractivity contribution in [3.05, 3.63) is 53.6 Å². The van der Waals surface area contributed by atoms with Crippen molar-refractivity contribution in [3.63, 3.8) is 0 Å². The van der Waals surface area contributed by atoms with E-state index in [2.05, 4.69) is 10.6 Å². The molecule has 8 nitrogen and oxygen atoms in total. The molecule has 0 aromatic heterocycles. The average molecular weight is 428 g/mol. The molecular weight excluding hydrogens is 400 g/mol. The summed E-state index contributed by atoms with van der Waals surface area (Å²) in [5.74, 6) is -0.487. The van der Waals surface area contributed by atoms with Gasteiger partial charge >= 0.3 is 5.97 Å². The normalized spacial score (nSPS) is 11.3. The molecule has 0 aliphatic heterocycles. The van der Waals surface area contributed by atoms with E-state index in [9.17, 15) is 19.5 Å². The molecule has 166 valence electrons. The monoisotopic (exact) mass is 428 g/mol. The minimum Gasteiger partial charge on any atom is -0.493 e. The van der Waals surface area contributed by atoms with E-state index in [-0.39, 0.29) is 24.7 Å². The van der Waals surface area contributed by atoms with Crippen molar-refractivity contribution in [2.75, 3.05) is 19.0 Å². The largest absolute Gasteiger partial charge is 0.493 e. The van der Waals surface area contributed by atoms with Crippen molar-refractivity contribution < 1.29 is 29.0 Å². The van der Waals surface area contributed by atoms with Gasteiger partial charge in [0, 0.05) is 12.6 Å². The number of methoxy groups -OCH3 is 1. The van der Waals surface area contributed by atoms with Crippen molar-refractivity contribution in [3.8, 4) is 11.5 Å². The van der Waals surface area contributed by atoms with Crippen LogP contribution in [0.2, 0.25) is 0 Å². The number of anilines is 1. The molecule has 1 unspecified atom stereocenters. The number of amides is 2. The van der Waals surface area contributed by atoms with Crippen LogP contribution in [0.1, 0.15) is 43.9 Å². The van der Waals surface area contributed by atoms with Crippen LogP contribution in [-0.4, -0.2) is 36.6 Å². The highest BCUT2D eigenvalue weighted by molar-refractivity contribution is 5.88. The van der Waals surface area contributed by atoms with E-state index in [1.807, 2.05) is 6.92 Å². The first-order chi connectivity index (χ1) is 14.8. The number of carboxylic acid groups (broad SMARTS) is 1. The lowest BCUT2D eigenvalue weighted by atomic mass is 10.0. The number of carbonyl (C=O) groups excluding carboxylic acids is 2. The molecule has 0 saturated carbocycles. The first kappa shape index (κ1) is 23.7. The van der Waals surface area contributed by atoms with Crippen LogP contribution in [0.5, 0.6) is 11.5 Å². The van der Waals surface area contributed by atoms with E-state index in [0.717, 1.165) is 12.0 Å². The molecule has 8 heteroatoms. The molecule has 3 N–H and O–H groups in total. The number of nitrogens with one attached hydrogen (secondary N) is 2. The van der Waals surface area contributed by atoms with Gasteiger partial charge in [-0.05, 0) is 41.8 Å². The van der Waals surface area contributed by atoms with Crippen LogP contribution >= 0.6 is 0 Å². The van der Waals surface area contributed by atoms with Gasteiger partial charge in [0.1, 0.15) is 0 Å². The predicted octanol–water partition coefficient (Wildman–Crippen LogP) is 3.32. The standard InChI is InChI=1S/C23H28N2O6/c1-4-11-31-20-10-7-17(13-21(20)30-3)19(14-23(28)29)25-22(27)12-16-5-8-18(9-6-16)24-15(2)26/h5-10,13,19H,4,11-12,14H2,1-3H3,(H,24,26)(H,25,27)(H,28,29). The van der Waals surface area contributed by atoms with Crippen LogP contribution < -0.4 is 20.1 Å². The van der Waals surface area contributed by atoms with Gasteiger partial charge in [-0.3, -0.25) is 14.4 Å². The Bertz CT molecular complexity index is 911. The highest BCUT2D eigenvalue weighted by atomic mass is 16.5. The lowest BCUT2D eigenvalue weighted by Gasteiger charge is -2.19. The van der Waals surface area contributed by atoms with E-state index >= 15 is 0 Å². The first-order valence-electron chi connectivity index (χ1n) is 10.0. The number of hydrogen-bond donors (Lipinski definition) is 3. The van der Waals surface area contributed by atoms with Gasteiger partial charge < -0.3 is 25.2 Å². The maximum Gasteiger partial charge on any atom is 0.305 e. The van der Waals surface area contributed by atoms with Crippen LogP contribution in [0.4, 0.5) is 5.69 Å². The number of carboxylic acids is 1. The fourth-order valence-electron chi connectivity index (χ4n) is 3.00. The molecule has 0 heterocycles. The third-order valence-electron chi connectivity index (χ3n) is 4.40. The number of ether oxygens (including phenoxy) is 2. The molecular formula is C23H28N2O6. The molecule has 0 fully saturated rings. The number of aliphatic carboxylic acids is 1. The molecule has 2 amide bonds. The zero-order valence-corrected chi connectivity index (χ0v) is 17.9. The number of rotatable bonds is 11. The fraction of sp³-hybridized carbons (Fsp3) is 0.348. The molecule has 0 spiro atoms. The lowest BCUT2D eigenvalue weighted by molar-refractivity contribution is -0.137. The maximum absolute atomic E-state index is 12.6. The Morgan fingerprint density at radius 1 is 1.06 bits per heavy atom. The third-order valence-corrected chi connectivity index (χ3v) is 4.40. The molecule has 0 radical (unpaired) electrons. The zero-order valence-electron chi connectivity index (χ0n) is 17.9. The van der Waals surface area contributed by atoms with Gasteiger partial charge in [0.2, 0.25) is 11.8 Å². The second-order valence-corrected chi connectivity index (χ2v) is 7.03. The van der Waals surface area contributed by atoms with Gasteiger partial charge in [0.15, 0.2) is 11.5 Å². The summed E-state index contributed by atoms with van der Waals surface area (Å²) >= 11 is 0. The maximum atomic E-state index is 12.6. The van der Waals surface area contributed by atoms with E-state index in [0.29, 0.717) is 29.4 Å². The molecule has 31 heavy (non-hydrogen) atoms. The Morgan fingerprint density at radius 2 is 1.77 bits per heavy atom. The Morgan fingerprint density at radius 3 is 2.35 bits per heavy atom. The summed E-state index contributed by atoms with van der Waals surface area (Å²) in [6, 6.07) is 11.3. The predicted molar refractivity (Wildman–Crippen MR) is 116 cm³/mol. The van der Waals surface area contributed by atoms with E-state index in [1.165, 1.54) is 14.0 Å². The van der Waals surface area contributed by atoms with Crippen LogP contribution in [0.25, 0.3) is 0 Å². The number of carbonyl (C=O) groups is 3. The molecule has 0 aliphatic carbocycles. The van der Waals surface area contributed by atoms with Gasteiger partial charge in [0.25, 0.3) is 0 Å². The van der Waals surface area contributed by atoms with E-state index < -0.39 is 12.0 Å². The Hall–Kier alpha value is -3.55. The van der Waals surface area contributed by atoms with Gasteiger partial charge in [-0.25, -0.2) is 0 Å². The second kappa shape index (κ2) is 11.6.